The Balaban J connectivity index is 1.85. The van der Waals surface area contributed by atoms with Crippen LogP contribution in [0.2, 0.25) is 0 Å². The summed E-state index contributed by atoms with van der Waals surface area (Å²) in [6.07, 6.45) is 5.32. The van der Waals surface area contributed by atoms with Crippen LogP contribution in [-0.2, 0) is 10.3 Å². The van der Waals surface area contributed by atoms with E-state index in [0.29, 0.717) is 45.9 Å². The first-order valence-electron chi connectivity index (χ1n) is 10.1. The molecule has 0 unspecified atom stereocenters. The topological polar surface area (TPSA) is 93.9 Å². The highest BCUT2D eigenvalue weighted by atomic mass is 79.9. The number of ether oxygens (including phenoxy) is 2. The van der Waals surface area contributed by atoms with E-state index in [1.165, 1.54) is 0 Å². The molecule has 32 heavy (non-hydrogen) atoms. The molecule has 2 aromatic carbocycles. The van der Waals surface area contributed by atoms with Gasteiger partial charge in [-0.2, -0.15) is 0 Å². The summed E-state index contributed by atoms with van der Waals surface area (Å²) in [6, 6.07) is 9.46. The molecule has 0 radical (unpaired) electrons. The Morgan fingerprint density at radius 1 is 1.38 bits per heavy atom. The Kier molecular flexibility index (Phi) is 5.84. The molecule has 3 atom stereocenters. The first-order valence-corrected chi connectivity index (χ1v) is 10.9. The second kappa shape index (κ2) is 8.45. The van der Waals surface area contributed by atoms with E-state index < -0.39 is 17.5 Å². The monoisotopic (exact) mass is 499 g/mol. The molecule has 4 rings (SSSR count). The van der Waals surface area contributed by atoms with Crippen LogP contribution in [0.4, 0.5) is 5.69 Å². The first-order chi connectivity index (χ1) is 15.4. The highest BCUT2D eigenvalue weighted by Gasteiger charge is 2.68. The van der Waals surface area contributed by atoms with Crippen LogP contribution < -0.4 is 14.8 Å². The lowest BCUT2D eigenvalue weighted by atomic mass is 9.79. The van der Waals surface area contributed by atoms with Crippen molar-refractivity contribution in [1.82, 2.24) is 4.90 Å². The molecule has 1 saturated heterocycles. The minimum Gasteiger partial charge on any atom is -0.490 e. The molecule has 0 bridgehead atoms. The van der Waals surface area contributed by atoms with Crippen molar-refractivity contribution in [3.63, 3.8) is 0 Å². The zero-order valence-corrected chi connectivity index (χ0v) is 19.2. The van der Waals surface area contributed by atoms with Gasteiger partial charge in [-0.15, -0.1) is 6.42 Å². The summed E-state index contributed by atoms with van der Waals surface area (Å²) in [5.74, 6) is 2.35. The van der Waals surface area contributed by atoms with Crippen LogP contribution in [0.5, 0.6) is 11.5 Å². The van der Waals surface area contributed by atoms with E-state index in [1.54, 1.807) is 48.3 Å². The predicted molar refractivity (Wildman–Crippen MR) is 123 cm³/mol. The molecule has 2 aliphatic heterocycles. The molecule has 166 valence electrons. The fourth-order valence-corrected chi connectivity index (χ4v) is 5.47. The maximum atomic E-state index is 13.2. The number of carbonyl (C=O) groups excluding carboxylic acids is 1. The number of anilines is 1. The van der Waals surface area contributed by atoms with Crippen molar-refractivity contribution in [3.8, 4) is 23.8 Å². The van der Waals surface area contributed by atoms with Crippen LogP contribution in [-0.4, -0.2) is 48.6 Å². The molecule has 8 nitrogen and oxygen atoms in total. The third kappa shape index (κ3) is 3.22. The molecule has 9 heteroatoms. The predicted octanol–water partition coefficient (Wildman–Crippen LogP) is 3.38. The van der Waals surface area contributed by atoms with Crippen molar-refractivity contribution >= 4 is 27.5 Å². The number of likely N-dealkylation sites (N-methyl/N-ethyl adjacent to an activating group) is 1. The Morgan fingerprint density at radius 2 is 2.12 bits per heavy atom. The van der Waals surface area contributed by atoms with Gasteiger partial charge in [0.25, 0.3) is 11.9 Å². The number of para-hydroxylation sites is 1. The molecule has 0 saturated carbocycles. The number of amides is 1. The third-order valence-corrected chi connectivity index (χ3v) is 6.69. The molecule has 1 spiro atoms. The van der Waals surface area contributed by atoms with Crippen molar-refractivity contribution in [3.05, 3.63) is 62.1 Å². The van der Waals surface area contributed by atoms with Crippen molar-refractivity contribution < 1.29 is 19.2 Å². The first kappa shape index (κ1) is 22.1. The quantitative estimate of drug-likeness (QED) is 0.372. The SMILES string of the molecule is C#CCOc1c(Br)cc([C@@H]2CN(C)[C@@]3(C(=O)Nc4ccccc43)[C@@H]2[N+](=O)[O-])cc1OCC. The molecule has 1 N–H and O–H groups in total. The molecule has 2 aliphatic rings. The minimum absolute atomic E-state index is 0.0573. The van der Waals surface area contributed by atoms with Crippen molar-refractivity contribution in [2.45, 2.75) is 24.4 Å². The maximum Gasteiger partial charge on any atom is 0.256 e. The lowest BCUT2D eigenvalue weighted by molar-refractivity contribution is -0.534. The number of hydrogen-bond acceptors (Lipinski definition) is 6. The van der Waals surface area contributed by atoms with Gasteiger partial charge in [0.2, 0.25) is 0 Å². The van der Waals surface area contributed by atoms with Gasteiger partial charge in [0, 0.05) is 22.7 Å². The van der Waals surface area contributed by atoms with Gasteiger partial charge in [-0.3, -0.25) is 19.8 Å². The number of halogens is 1. The van der Waals surface area contributed by atoms with Gasteiger partial charge in [0.15, 0.2) is 17.0 Å². The maximum absolute atomic E-state index is 13.2. The summed E-state index contributed by atoms with van der Waals surface area (Å²) < 4.78 is 11.9. The van der Waals surface area contributed by atoms with Crippen LogP contribution in [0.25, 0.3) is 0 Å². The van der Waals surface area contributed by atoms with Gasteiger partial charge in [0.05, 0.1) is 17.0 Å². The van der Waals surface area contributed by atoms with Crippen LogP contribution >= 0.6 is 15.9 Å². The molecule has 2 heterocycles. The number of nitrogens with zero attached hydrogens (tertiary/aromatic N) is 2. The second-order valence-electron chi connectivity index (χ2n) is 7.74. The smallest absolute Gasteiger partial charge is 0.256 e. The van der Waals surface area contributed by atoms with Gasteiger partial charge in [-0.05, 0) is 53.7 Å². The van der Waals surface area contributed by atoms with Crippen molar-refractivity contribution in [1.29, 1.82) is 0 Å². The second-order valence-corrected chi connectivity index (χ2v) is 8.59. The Morgan fingerprint density at radius 3 is 2.81 bits per heavy atom. The standard InChI is InChI=1S/C23H22BrN3O5/c1-4-10-32-20-17(24)11-14(12-19(20)31-5-2)15-13-26(3)23(21(15)27(29)30)16-8-6-7-9-18(16)25-22(23)28/h1,6-9,11-12,15,21H,5,10,13H2,2-3H3,(H,25,28)/t15-,21+,23+/m0/s1. The van der Waals surface area contributed by atoms with Crippen LogP contribution in [0.1, 0.15) is 24.0 Å². The minimum atomic E-state index is -1.40. The van der Waals surface area contributed by atoms with Gasteiger partial charge in [-0.25, -0.2) is 0 Å². The number of nitrogens with one attached hydrogen (secondary N) is 1. The Labute approximate surface area is 194 Å². The third-order valence-electron chi connectivity index (χ3n) is 6.10. The van der Waals surface area contributed by atoms with Gasteiger partial charge >= 0.3 is 0 Å². The zero-order chi connectivity index (χ0) is 23.0. The van der Waals surface area contributed by atoms with Crippen molar-refractivity contribution in [2.24, 2.45) is 0 Å². The highest BCUT2D eigenvalue weighted by Crippen LogP contribution is 2.53. The molecule has 1 fully saturated rings. The molecular formula is C23H22BrN3O5. The van der Waals surface area contributed by atoms with E-state index in [4.69, 9.17) is 15.9 Å². The van der Waals surface area contributed by atoms with Gasteiger partial charge in [-0.1, -0.05) is 24.1 Å². The van der Waals surface area contributed by atoms with E-state index in [-0.39, 0.29) is 17.4 Å². The number of terminal acetylenes is 1. The van der Waals surface area contributed by atoms with Gasteiger partial charge < -0.3 is 14.8 Å². The average Bonchev–Trinajstić information content (AvgIpc) is 3.23. The largest absolute Gasteiger partial charge is 0.490 e. The van der Waals surface area contributed by atoms with Crippen LogP contribution in [0, 0.1) is 22.5 Å². The van der Waals surface area contributed by atoms with E-state index in [9.17, 15) is 14.9 Å². The number of rotatable bonds is 6. The Bertz CT molecular complexity index is 1130. The van der Waals surface area contributed by atoms with Gasteiger partial charge in [0.1, 0.15) is 6.61 Å². The fourth-order valence-electron chi connectivity index (χ4n) is 4.90. The van der Waals surface area contributed by atoms with E-state index in [0.717, 1.165) is 0 Å². The summed E-state index contributed by atoms with van der Waals surface area (Å²) >= 11 is 3.49. The number of hydrogen-bond donors (Lipinski definition) is 1. The van der Waals surface area contributed by atoms with E-state index in [1.807, 2.05) is 6.92 Å². The Hall–Kier alpha value is -3.09. The zero-order valence-electron chi connectivity index (χ0n) is 17.6. The fraction of sp³-hybridized carbons (Fsp3) is 0.348. The molecule has 1 amide bonds. The molecule has 0 aliphatic carbocycles. The molecule has 0 aromatic heterocycles. The summed E-state index contributed by atoms with van der Waals surface area (Å²) in [5, 5.41) is 15.3. The number of fused-ring (bicyclic) bond motifs is 2. The summed E-state index contributed by atoms with van der Waals surface area (Å²) in [6.45, 7) is 2.59. The highest BCUT2D eigenvalue weighted by molar-refractivity contribution is 9.10. The van der Waals surface area contributed by atoms with Crippen LogP contribution in [0.3, 0.4) is 0 Å². The molecular weight excluding hydrogens is 478 g/mol. The lowest BCUT2D eigenvalue weighted by Crippen LogP contribution is -2.54. The van der Waals surface area contributed by atoms with Crippen molar-refractivity contribution in [2.75, 3.05) is 32.1 Å². The number of nitro groups is 1. The van der Waals surface area contributed by atoms with E-state index in [2.05, 4.69) is 27.2 Å². The average molecular weight is 500 g/mol. The molecule has 2 aromatic rings. The summed E-state index contributed by atoms with van der Waals surface area (Å²) in [4.78, 5) is 27.1. The number of carbonyl (C=O) groups is 1. The normalized spacial score (nSPS) is 24.1. The summed E-state index contributed by atoms with van der Waals surface area (Å²) in [7, 11) is 1.75. The van der Waals surface area contributed by atoms with E-state index >= 15 is 0 Å². The number of likely N-dealkylation sites (tertiary alicyclic amines) is 1. The lowest BCUT2D eigenvalue weighted by Gasteiger charge is -2.30. The van der Waals surface area contributed by atoms with Crippen LogP contribution in [0.15, 0.2) is 40.9 Å². The number of benzene rings is 2. The summed E-state index contributed by atoms with van der Waals surface area (Å²) in [5.41, 5.74) is 0.499.